The van der Waals surface area contributed by atoms with Crippen LogP contribution in [0.2, 0.25) is 0 Å². The van der Waals surface area contributed by atoms with E-state index in [-0.39, 0.29) is 5.91 Å². The van der Waals surface area contributed by atoms with E-state index in [1.807, 2.05) is 27.9 Å². The molecule has 1 amide bonds. The molecule has 0 aliphatic heterocycles. The zero-order valence-electron chi connectivity index (χ0n) is 12.0. The molecule has 2 atom stereocenters. The molecule has 1 rings (SSSR count). The largest absolute Gasteiger partial charge is 0.347 e. The van der Waals surface area contributed by atoms with Crippen molar-refractivity contribution < 1.29 is 4.79 Å². The number of amides is 1. The number of carbonyl (C=O) groups excluding carboxylic acids is 1. The minimum atomic E-state index is -0.444. The van der Waals surface area contributed by atoms with Crippen molar-refractivity contribution in [1.82, 2.24) is 10.2 Å². The van der Waals surface area contributed by atoms with E-state index >= 15 is 0 Å². The Kier molecular flexibility index (Phi) is 4.99. The number of rotatable bonds is 4. The molecule has 1 aliphatic rings. The van der Waals surface area contributed by atoms with E-state index < -0.39 is 5.54 Å². The first-order valence-electron chi connectivity index (χ1n) is 6.81. The SMILES string of the molecule is CC1CCCCC1CNC(C)(C)C(=O)N(C)C. The van der Waals surface area contributed by atoms with Gasteiger partial charge in [-0.25, -0.2) is 0 Å². The third kappa shape index (κ3) is 3.98. The lowest BCUT2D eigenvalue weighted by Gasteiger charge is -2.34. The van der Waals surface area contributed by atoms with Crippen LogP contribution in [0.3, 0.4) is 0 Å². The van der Waals surface area contributed by atoms with Crippen LogP contribution >= 0.6 is 0 Å². The standard InChI is InChI=1S/C14H28N2O/c1-11-8-6-7-9-12(11)10-15-14(2,3)13(17)16(4)5/h11-12,15H,6-10H2,1-5H3. The van der Waals surface area contributed by atoms with Gasteiger partial charge in [-0.15, -0.1) is 0 Å². The lowest BCUT2D eigenvalue weighted by atomic mass is 9.80. The molecule has 1 saturated carbocycles. The Bertz CT molecular complexity index is 261. The molecule has 0 saturated heterocycles. The number of nitrogens with one attached hydrogen (secondary N) is 1. The summed E-state index contributed by atoms with van der Waals surface area (Å²) >= 11 is 0. The van der Waals surface area contributed by atoms with Gasteiger partial charge < -0.3 is 10.2 Å². The predicted octanol–water partition coefficient (Wildman–Crippen LogP) is 2.27. The minimum absolute atomic E-state index is 0.154. The van der Waals surface area contributed by atoms with Gasteiger partial charge in [0.2, 0.25) is 5.91 Å². The van der Waals surface area contributed by atoms with Crippen LogP contribution in [0.1, 0.15) is 46.5 Å². The Hall–Kier alpha value is -0.570. The maximum atomic E-state index is 12.0. The van der Waals surface area contributed by atoms with Crippen molar-refractivity contribution >= 4 is 5.91 Å². The third-order valence-electron chi connectivity index (χ3n) is 4.04. The van der Waals surface area contributed by atoms with Gasteiger partial charge in [0.05, 0.1) is 5.54 Å². The fourth-order valence-electron chi connectivity index (χ4n) is 2.72. The summed E-state index contributed by atoms with van der Waals surface area (Å²) in [5.41, 5.74) is -0.444. The van der Waals surface area contributed by atoms with Crippen molar-refractivity contribution in [3.63, 3.8) is 0 Å². The van der Waals surface area contributed by atoms with Crippen LogP contribution in [0, 0.1) is 11.8 Å². The topological polar surface area (TPSA) is 32.3 Å². The van der Waals surface area contributed by atoms with Crippen LogP contribution in [0.25, 0.3) is 0 Å². The van der Waals surface area contributed by atoms with Gasteiger partial charge in [-0.05, 0) is 38.6 Å². The molecule has 3 nitrogen and oxygen atoms in total. The first-order chi connectivity index (χ1) is 7.84. The van der Waals surface area contributed by atoms with Crippen molar-refractivity contribution in [3.8, 4) is 0 Å². The van der Waals surface area contributed by atoms with Crippen LogP contribution in [-0.4, -0.2) is 37.0 Å². The highest BCUT2D eigenvalue weighted by Gasteiger charge is 2.30. The average Bonchev–Trinajstić information content (AvgIpc) is 2.27. The summed E-state index contributed by atoms with van der Waals surface area (Å²) in [7, 11) is 3.63. The number of hydrogen-bond donors (Lipinski definition) is 1. The fourth-order valence-corrected chi connectivity index (χ4v) is 2.72. The summed E-state index contributed by atoms with van der Waals surface area (Å²) in [6.45, 7) is 7.26. The Balaban J connectivity index is 2.45. The lowest BCUT2D eigenvalue weighted by Crippen LogP contribution is -2.53. The molecule has 2 unspecified atom stereocenters. The van der Waals surface area contributed by atoms with Crippen molar-refractivity contribution in [2.24, 2.45) is 11.8 Å². The number of hydrogen-bond acceptors (Lipinski definition) is 2. The Morgan fingerprint density at radius 3 is 2.41 bits per heavy atom. The van der Waals surface area contributed by atoms with Gasteiger partial charge in [-0.1, -0.05) is 26.2 Å². The second-order valence-corrected chi connectivity index (χ2v) is 6.23. The molecule has 17 heavy (non-hydrogen) atoms. The summed E-state index contributed by atoms with van der Waals surface area (Å²) in [6, 6.07) is 0. The normalized spacial score (nSPS) is 25.7. The van der Waals surface area contributed by atoms with Crippen LogP contribution in [0.4, 0.5) is 0 Å². The third-order valence-corrected chi connectivity index (χ3v) is 4.04. The van der Waals surface area contributed by atoms with Gasteiger partial charge in [0.25, 0.3) is 0 Å². The highest BCUT2D eigenvalue weighted by Crippen LogP contribution is 2.29. The zero-order chi connectivity index (χ0) is 13.1. The molecule has 0 aromatic heterocycles. The molecule has 3 heteroatoms. The molecular weight excluding hydrogens is 212 g/mol. The van der Waals surface area contributed by atoms with E-state index in [1.165, 1.54) is 25.7 Å². The van der Waals surface area contributed by atoms with Gasteiger partial charge in [0.1, 0.15) is 0 Å². The molecule has 1 aliphatic carbocycles. The molecule has 1 N–H and O–H groups in total. The summed E-state index contributed by atoms with van der Waals surface area (Å²) in [5, 5.41) is 3.45. The average molecular weight is 240 g/mol. The second-order valence-electron chi connectivity index (χ2n) is 6.23. The van der Waals surface area contributed by atoms with Gasteiger partial charge in [-0.2, -0.15) is 0 Å². The van der Waals surface area contributed by atoms with Gasteiger partial charge in [0.15, 0.2) is 0 Å². The predicted molar refractivity (Wildman–Crippen MR) is 71.9 cm³/mol. The van der Waals surface area contributed by atoms with Crippen molar-refractivity contribution in [3.05, 3.63) is 0 Å². The summed E-state index contributed by atoms with van der Waals surface area (Å²) in [5.74, 6) is 1.68. The first-order valence-corrected chi connectivity index (χ1v) is 6.81. The Morgan fingerprint density at radius 1 is 1.29 bits per heavy atom. The highest BCUT2D eigenvalue weighted by atomic mass is 16.2. The maximum absolute atomic E-state index is 12.0. The molecular formula is C14H28N2O. The van der Waals surface area contributed by atoms with Crippen LogP contribution in [0.5, 0.6) is 0 Å². The second kappa shape index (κ2) is 5.85. The van der Waals surface area contributed by atoms with Crippen LogP contribution < -0.4 is 5.32 Å². The van der Waals surface area contributed by atoms with Crippen molar-refractivity contribution in [2.45, 2.75) is 52.0 Å². The van der Waals surface area contributed by atoms with E-state index in [2.05, 4.69) is 12.2 Å². The van der Waals surface area contributed by atoms with Crippen molar-refractivity contribution in [2.75, 3.05) is 20.6 Å². The molecule has 0 aromatic carbocycles. The van der Waals surface area contributed by atoms with E-state index in [9.17, 15) is 4.79 Å². The summed E-state index contributed by atoms with van der Waals surface area (Å²) < 4.78 is 0. The summed E-state index contributed by atoms with van der Waals surface area (Å²) in [6.07, 6.45) is 5.37. The molecule has 100 valence electrons. The Morgan fingerprint density at radius 2 is 1.88 bits per heavy atom. The molecule has 0 radical (unpaired) electrons. The molecule has 0 spiro atoms. The van der Waals surface area contributed by atoms with Gasteiger partial charge in [-0.3, -0.25) is 4.79 Å². The molecule has 0 bridgehead atoms. The zero-order valence-corrected chi connectivity index (χ0v) is 12.0. The first kappa shape index (κ1) is 14.5. The van der Waals surface area contributed by atoms with E-state index in [0.717, 1.165) is 18.4 Å². The highest BCUT2D eigenvalue weighted by molar-refractivity contribution is 5.85. The minimum Gasteiger partial charge on any atom is -0.347 e. The maximum Gasteiger partial charge on any atom is 0.241 e. The number of nitrogens with zero attached hydrogens (tertiary/aromatic N) is 1. The van der Waals surface area contributed by atoms with Crippen LogP contribution in [0.15, 0.2) is 0 Å². The van der Waals surface area contributed by atoms with Crippen molar-refractivity contribution in [1.29, 1.82) is 0 Å². The Labute approximate surface area is 106 Å². The molecule has 0 heterocycles. The molecule has 1 fully saturated rings. The van der Waals surface area contributed by atoms with E-state index in [0.29, 0.717) is 0 Å². The van der Waals surface area contributed by atoms with Crippen LogP contribution in [-0.2, 0) is 4.79 Å². The van der Waals surface area contributed by atoms with Gasteiger partial charge >= 0.3 is 0 Å². The van der Waals surface area contributed by atoms with E-state index in [4.69, 9.17) is 0 Å². The van der Waals surface area contributed by atoms with E-state index in [1.54, 1.807) is 4.90 Å². The smallest absolute Gasteiger partial charge is 0.241 e. The fraction of sp³-hybridized carbons (Fsp3) is 0.929. The monoisotopic (exact) mass is 240 g/mol. The van der Waals surface area contributed by atoms with Gasteiger partial charge in [0, 0.05) is 14.1 Å². The number of likely N-dealkylation sites (N-methyl/N-ethyl adjacent to an activating group) is 1. The summed E-state index contributed by atoms with van der Waals surface area (Å²) in [4.78, 5) is 13.6. The lowest BCUT2D eigenvalue weighted by molar-refractivity contribution is -0.134. The quantitative estimate of drug-likeness (QED) is 0.817. The number of carbonyl (C=O) groups is 1. The molecule has 0 aromatic rings.